The monoisotopic (exact) mass is 283 g/mol. The predicted octanol–water partition coefficient (Wildman–Crippen LogP) is 2.73. The molecule has 0 aromatic carbocycles. The van der Waals surface area contributed by atoms with Crippen molar-refractivity contribution in [1.29, 1.82) is 0 Å². The van der Waals surface area contributed by atoms with Gasteiger partial charge in [-0.3, -0.25) is 9.59 Å². The number of rotatable bonds is 4. The van der Waals surface area contributed by atoms with E-state index in [2.05, 4.69) is 5.32 Å². The Balaban J connectivity index is 2.71. The molecular formula is C14H21NO3S. The van der Waals surface area contributed by atoms with Crippen molar-refractivity contribution in [3.05, 3.63) is 21.4 Å². The smallest absolute Gasteiger partial charge is 0.316 e. The summed E-state index contributed by atoms with van der Waals surface area (Å²) >= 11 is 1.62. The van der Waals surface area contributed by atoms with Crippen LogP contribution in [-0.2, 0) is 16.1 Å². The predicted molar refractivity (Wildman–Crippen MR) is 76.2 cm³/mol. The maximum atomic E-state index is 12.0. The summed E-state index contributed by atoms with van der Waals surface area (Å²) in [6.07, 6.45) is 0. The zero-order valence-electron chi connectivity index (χ0n) is 12.0. The van der Waals surface area contributed by atoms with Gasteiger partial charge in [-0.15, -0.1) is 11.3 Å². The van der Waals surface area contributed by atoms with Gasteiger partial charge in [0.1, 0.15) is 5.92 Å². The molecule has 0 fully saturated rings. The molecule has 2 N–H and O–H groups in total. The highest BCUT2D eigenvalue weighted by Crippen LogP contribution is 2.27. The van der Waals surface area contributed by atoms with Crippen LogP contribution in [0.1, 0.15) is 36.1 Å². The van der Waals surface area contributed by atoms with Crippen molar-refractivity contribution in [2.24, 2.45) is 11.3 Å². The molecule has 0 aliphatic heterocycles. The Bertz CT molecular complexity index is 466. The van der Waals surface area contributed by atoms with Crippen molar-refractivity contribution in [2.75, 3.05) is 0 Å². The number of hydrogen-bond donors (Lipinski definition) is 2. The molecule has 106 valence electrons. The van der Waals surface area contributed by atoms with Crippen LogP contribution in [0, 0.1) is 25.2 Å². The van der Waals surface area contributed by atoms with Crippen molar-refractivity contribution < 1.29 is 14.7 Å². The first-order valence-electron chi connectivity index (χ1n) is 6.19. The maximum Gasteiger partial charge on any atom is 0.316 e. The fourth-order valence-electron chi connectivity index (χ4n) is 1.89. The van der Waals surface area contributed by atoms with Gasteiger partial charge < -0.3 is 10.4 Å². The van der Waals surface area contributed by atoms with Crippen molar-refractivity contribution in [1.82, 2.24) is 5.32 Å². The molecule has 4 nitrogen and oxygen atoms in total. The van der Waals surface area contributed by atoms with Crippen LogP contribution in [-0.4, -0.2) is 17.0 Å². The molecule has 1 heterocycles. The summed E-state index contributed by atoms with van der Waals surface area (Å²) in [5.74, 6) is -2.54. The molecule has 0 saturated heterocycles. The summed E-state index contributed by atoms with van der Waals surface area (Å²) in [6, 6.07) is 2.02. The Kier molecular flexibility index (Phi) is 4.74. The van der Waals surface area contributed by atoms with Gasteiger partial charge in [0.2, 0.25) is 5.91 Å². The molecule has 1 unspecified atom stereocenters. The summed E-state index contributed by atoms with van der Waals surface area (Å²) in [4.78, 5) is 25.5. The lowest BCUT2D eigenvalue weighted by Crippen LogP contribution is -2.42. The first-order chi connectivity index (χ1) is 8.62. The normalized spacial score (nSPS) is 13.1. The third-order valence-corrected chi connectivity index (χ3v) is 4.18. The molecule has 0 aliphatic rings. The van der Waals surface area contributed by atoms with Crippen molar-refractivity contribution in [3.8, 4) is 0 Å². The van der Waals surface area contributed by atoms with E-state index in [0.717, 1.165) is 4.88 Å². The minimum Gasteiger partial charge on any atom is -0.481 e. The van der Waals surface area contributed by atoms with E-state index in [1.54, 1.807) is 32.1 Å². The molecule has 0 aliphatic carbocycles. The van der Waals surface area contributed by atoms with Crippen LogP contribution < -0.4 is 5.32 Å². The van der Waals surface area contributed by atoms with E-state index in [4.69, 9.17) is 5.11 Å². The third kappa shape index (κ3) is 4.06. The SMILES string of the molecule is Cc1cc(CNC(=O)C(C(=O)O)C(C)(C)C)sc1C. The number of amides is 1. The molecule has 0 saturated carbocycles. The van der Waals surface area contributed by atoms with Crippen molar-refractivity contribution >= 4 is 23.2 Å². The molecule has 19 heavy (non-hydrogen) atoms. The van der Waals surface area contributed by atoms with Gasteiger partial charge in [-0.1, -0.05) is 20.8 Å². The first-order valence-corrected chi connectivity index (χ1v) is 7.01. The minimum atomic E-state index is -1.08. The fraction of sp³-hybridized carbons (Fsp3) is 0.571. The highest BCUT2D eigenvalue weighted by molar-refractivity contribution is 7.12. The molecule has 1 atom stereocenters. The first kappa shape index (κ1) is 15.7. The van der Waals surface area contributed by atoms with E-state index in [-0.39, 0.29) is 0 Å². The summed E-state index contributed by atoms with van der Waals surface area (Å²) in [5, 5.41) is 11.9. The Labute approximate surface area is 117 Å². The lowest BCUT2D eigenvalue weighted by Gasteiger charge is -2.25. The van der Waals surface area contributed by atoms with Crippen molar-refractivity contribution in [2.45, 2.75) is 41.2 Å². The number of carboxylic acid groups (broad SMARTS) is 1. The van der Waals surface area contributed by atoms with Gasteiger partial charge in [0.05, 0.1) is 6.54 Å². The average molecular weight is 283 g/mol. The van der Waals surface area contributed by atoms with Crippen LogP contribution >= 0.6 is 11.3 Å². The lowest BCUT2D eigenvalue weighted by molar-refractivity contribution is -0.151. The Morgan fingerprint density at radius 3 is 2.32 bits per heavy atom. The van der Waals surface area contributed by atoms with Gasteiger partial charge in [-0.2, -0.15) is 0 Å². The van der Waals surface area contributed by atoms with Gasteiger partial charge in [-0.05, 0) is 30.9 Å². The van der Waals surface area contributed by atoms with Gasteiger partial charge in [-0.25, -0.2) is 0 Å². The standard InChI is InChI=1S/C14H21NO3S/c1-8-6-10(19-9(8)2)7-15-12(16)11(13(17)18)14(3,4)5/h6,11H,7H2,1-5H3,(H,15,16)(H,17,18). The number of thiophene rings is 1. The second-order valence-electron chi connectivity index (χ2n) is 5.81. The number of aliphatic carboxylic acids is 1. The van der Waals surface area contributed by atoms with Crippen LogP contribution in [0.3, 0.4) is 0 Å². The summed E-state index contributed by atoms with van der Waals surface area (Å²) in [6.45, 7) is 9.70. The molecule has 0 bridgehead atoms. The number of carbonyl (C=O) groups excluding carboxylic acids is 1. The van der Waals surface area contributed by atoms with Gasteiger partial charge in [0.25, 0.3) is 0 Å². The maximum absolute atomic E-state index is 12.0. The molecule has 1 amide bonds. The Morgan fingerprint density at radius 1 is 1.37 bits per heavy atom. The fourth-order valence-corrected chi connectivity index (χ4v) is 2.88. The average Bonchev–Trinajstić information content (AvgIpc) is 2.53. The molecule has 0 spiro atoms. The highest BCUT2D eigenvalue weighted by atomic mass is 32.1. The number of aryl methyl sites for hydroxylation is 2. The van der Waals surface area contributed by atoms with Crippen LogP contribution in [0.2, 0.25) is 0 Å². The number of carbonyl (C=O) groups is 2. The van der Waals surface area contributed by atoms with E-state index in [1.165, 1.54) is 10.4 Å². The highest BCUT2D eigenvalue weighted by Gasteiger charge is 2.37. The minimum absolute atomic E-state index is 0.387. The summed E-state index contributed by atoms with van der Waals surface area (Å²) in [5.41, 5.74) is 0.594. The molecule has 5 heteroatoms. The Morgan fingerprint density at radius 2 is 1.95 bits per heavy atom. The second kappa shape index (κ2) is 5.74. The van der Waals surface area contributed by atoms with Crippen molar-refractivity contribution in [3.63, 3.8) is 0 Å². The van der Waals surface area contributed by atoms with E-state index in [1.807, 2.05) is 19.9 Å². The second-order valence-corrected chi connectivity index (χ2v) is 7.15. The molecule has 1 aromatic heterocycles. The molecule has 1 rings (SSSR count). The quantitative estimate of drug-likeness (QED) is 0.835. The molecular weight excluding hydrogens is 262 g/mol. The summed E-state index contributed by atoms with van der Waals surface area (Å²) < 4.78 is 0. The zero-order chi connectivity index (χ0) is 14.8. The molecule has 1 aromatic rings. The van der Waals surface area contributed by atoms with Gasteiger partial charge in [0, 0.05) is 9.75 Å². The molecule has 0 radical (unpaired) electrons. The largest absolute Gasteiger partial charge is 0.481 e. The number of carboxylic acids is 1. The van der Waals surface area contributed by atoms with Crippen LogP contribution in [0.15, 0.2) is 6.07 Å². The van der Waals surface area contributed by atoms with Crippen LogP contribution in [0.4, 0.5) is 0 Å². The van der Waals surface area contributed by atoms with Gasteiger partial charge >= 0.3 is 5.97 Å². The Hall–Kier alpha value is -1.36. The van der Waals surface area contributed by atoms with Crippen LogP contribution in [0.5, 0.6) is 0 Å². The van der Waals surface area contributed by atoms with E-state index < -0.39 is 23.2 Å². The summed E-state index contributed by atoms with van der Waals surface area (Å²) in [7, 11) is 0. The lowest BCUT2D eigenvalue weighted by atomic mass is 9.80. The number of hydrogen-bond acceptors (Lipinski definition) is 3. The number of nitrogens with one attached hydrogen (secondary N) is 1. The van der Waals surface area contributed by atoms with E-state index >= 15 is 0 Å². The van der Waals surface area contributed by atoms with E-state index in [0.29, 0.717) is 6.54 Å². The third-order valence-electron chi connectivity index (χ3n) is 3.03. The zero-order valence-corrected chi connectivity index (χ0v) is 12.9. The van der Waals surface area contributed by atoms with E-state index in [9.17, 15) is 9.59 Å². The van der Waals surface area contributed by atoms with Gasteiger partial charge in [0.15, 0.2) is 0 Å². The topological polar surface area (TPSA) is 66.4 Å². The van der Waals surface area contributed by atoms with Crippen LogP contribution in [0.25, 0.3) is 0 Å².